The van der Waals surface area contributed by atoms with Crippen molar-refractivity contribution in [3.05, 3.63) is 36.0 Å². The first kappa shape index (κ1) is 14.9. The van der Waals surface area contributed by atoms with Gasteiger partial charge in [0, 0.05) is 32.4 Å². The number of anilines is 2. The highest BCUT2D eigenvalue weighted by atomic mass is 15.3. The van der Waals surface area contributed by atoms with Crippen molar-refractivity contribution in [3.63, 3.8) is 0 Å². The molecular formula is C16H19N5. The van der Waals surface area contributed by atoms with Gasteiger partial charge in [-0.3, -0.25) is 0 Å². The second-order valence-electron chi connectivity index (χ2n) is 4.86. The largest absolute Gasteiger partial charge is 0.367 e. The smallest absolute Gasteiger partial charge is 0.145 e. The lowest BCUT2D eigenvalue weighted by molar-refractivity contribution is 0.271. The quantitative estimate of drug-likeness (QED) is 0.857. The average Bonchev–Trinajstić information content (AvgIpc) is 2.56. The minimum atomic E-state index is 0.0700. The highest BCUT2D eigenvalue weighted by Gasteiger charge is 2.17. The van der Waals surface area contributed by atoms with Crippen molar-refractivity contribution in [2.75, 3.05) is 42.9 Å². The third-order valence-corrected chi connectivity index (χ3v) is 3.68. The van der Waals surface area contributed by atoms with E-state index in [0.29, 0.717) is 0 Å². The van der Waals surface area contributed by atoms with E-state index in [-0.39, 0.29) is 5.57 Å². The molecule has 1 aliphatic rings. The molecule has 0 atom stereocenters. The van der Waals surface area contributed by atoms with Crippen LogP contribution in [0.5, 0.6) is 0 Å². The zero-order chi connectivity index (χ0) is 15.1. The van der Waals surface area contributed by atoms with Crippen molar-refractivity contribution >= 4 is 11.4 Å². The minimum absolute atomic E-state index is 0.0700. The van der Waals surface area contributed by atoms with Gasteiger partial charge >= 0.3 is 0 Å². The van der Waals surface area contributed by atoms with E-state index in [1.807, 2.05) is 30.3 Å². The van der Waals surface area contributed by atoms with Crippen LogP contribution < -0.4 is 10.2 Å². The highest BCUT2D eigenvalue weighted by molar-refractivity contribution is 5.71. The van der Waals surface area contributed by atoms with Gasteiger partial charge in [0.25, 0.3) is 0 Å². The second-order valence-corrected chi connectivity index (χ2v) is 4.86. The Morgan fingerprint density at radius 2 is 1.86 bits per heavy atom. The lowest BCUT2D eigenvalue weighted by Crippen LogP contribution is -2.46. The maximum Gasteiger partial charge on any atom is 0.145 e. The summed E-state index contributed by atoms with van der Waals surface area (Å²) >= 11 is 0. The van der Waals surface area contributed by atoms with Crippen LogP contribution >= 0.6 is 0 Å². The second kappa shape index (κ2) is 7.33. The number of nitrogens with zero attached hydrogens (tertiary/aromatic N) is 4. The van der Waals surface area contributed by atoms with Crippen LogP contribution in [0.1, 0.15) is 6.92 Å². The van der Waals surface area contributed by atoms with Crippen LogP contribution in [0.25, 0.3) is 0 Å². The molecule has 0 aromatic heterocycles. The molecule has 108 valence electrons. The molecule has 0 aliphatic carbocycles. The SMILES string of the molecule is CCN1CCN(c2ccccc2NC=C(C#N)C#N)CC1. The number of piperazine rings is 1. The van der Waals surface area contributed by atoms with Gasteiger partial charge in [0.05, 0.1) is 11.4 Å². The Hall–Kier alpha value is -2.50. The van der Waals surface area contributed by atoms with E-state index in [0.717, 1.165) is 44.1 Å². The van der Waals surface area contributed by atoms with Gasteiger partial charge in [-0.2, -0.15) is 10.5 Å². The molecular weight excluding hydrogens is 262 g/mol. The molecule has 0 saturated carbocycles. The number of likely N-dealkylation sites (N-methyl/N-ethyl adjacent to an activating group) is 1. The molecule has 1 heterocycles. The summed E-state index contributed by atoms with van der Waals surface area (Å²) in [5.41, 5.74) is 2.10. The zero-order valence-electron chi connectivity index (χ0n) is 12.2. The predicted molar refractivity (Wildman–Crippen MR) is 83.7 cm³/mol. The van der Waals surface area contributed by atoms with Gasteiger partial charge in [0.2, 0.25) is 0 Å². The van der Waals surface area contributed by atoms with Gasteiger partial charge in [-0.1, -0.05) is 19.1 Å². The van der Waals surface area contributed by atoms with Crippen LogP contribution in [0.4, 0.5) is 11.4 Å². The fourth-order valence-electron chi connectivity index (χ4n) is 2.42. The number of benzene rings is 1. The van der Waals surface area contributed by atoms with Crippen molar-refractivity contribution in [3.8, 4) is 12.1 Å². The third kappa shape index (κ3) is 3.75. The first-order valence-electron chi connectivity index (χ1n) is 7.11. The van der Waals surface area contributed by atoms with Gasteiger partial charge in [-0.15, -0.1) is 0 Å². The van der Waals surface area contributed by atoms with E-state index in [4.69, 9.17) is 10.5 Å². The molecule has 0 amide bonds. The molecule has 1 aromatic carbocycles. The van der Waals surface area contributed by atoms with E-state index in [9.17, 15) is 0 Å². The van der Waals surface area contributed by atoms with Crippen LogP contribution in [-0.4, -0.2) is 37.6 Å². The van der Waals surface area contributed by atoms with Gasteiger partial charge < -0.3 is 15.1 Å². The maximum absolute atomic E-state index is 8.78. The van der Waals surface area contributed by atoms with Crippen molar-refractivity contribution < 1.29 is 0 Å². The number of hydrogen-bond donors (Lipinski definition) is 1. The Balaban J connectivity index is 2.13. The number of hydrogen-bond acceptors (Lipinski definition) is 5. The van der Waals surface area contributed by atoms with E-state index in [2.05, 4.69) is 28.1 Å². The predicted octanol–water partition coefficient (Wildman–Crippen LogP) is 2.17. The summed E-state index contributed by atoms with van der Waals surface area (Å²) in [5, 5.41) is 20.6. The molecule has 1 N–H and O–H groups in total. The Labute approximate surface area is 125 Å². The summed E-state index contributed by atoms with van der Waals surface area (Å²) in [6.07, 6.45) is 1.46. The number of allylic oxidation sites excluding steroid dienone is 1. The van der Waals surface area contributed by atoms with Crippen LogP contribution in [-0.2, 0) is 0 Å². The normalized spacial score (nSPS) is 14.9. The van der Waals surface area contributed by atoms with E-state index in [1.165, 1.54) is 6.20 Å². The summed E-state index contributed by atoms with van der Waals surface area (Å²) in [6, 6.07) is 11.7. The molecule has 0 radical (unpaired) electrons. The summed E-state index contributed by atoms with van der Waals surface area (Å²) in [7, 11) is 0. The van der Waals surface area contributed by atoms with Gasteiger partial charge in [-0.25, -0.2) is 0 Å². The fourth-order valence-corrected chi connectivity index (χ4v) is 2.42. The van der Waals surface area contributed by atoms with Gasteiger partial charge in [-0.05, 0) is 18.7 Å². The Kier molecular flexibility index (Phi) is 5.20. The molecule has 0 unspecified atom stereocenters. The van der Waals surface area contributed by atoms with Crippen LogP contribution in [0.3, 0.4) is 0 Å². The fraction of sp³-hybridized carbons (Fsp3) is 0.375. The number of para-hydroxylation sites is 2. The van der Waals surface area contributed by atoms with Crippen molar-refractivity contribution in [1.82, 2.24) is 4.90 Å². The third-order valence-electron chi connectivity index (χ3n) is 3.68. The molecule has 1 aliphatic heterocycles. The molecule has 5 nitrogen and oxygen atoms in total. The molecule has 0 bridgehead atoms. The van der Waals surface area contributed by atoms with Gasteiger partial charge in [0.15, 0.2) is 0 Å². The summed E-state index contributed by atoms with van der Waals surface area (Å²) < 4.78 is 0. The van der Waals surface area contributed by atoms with Crippen molar-refractivity contribution in [2.45, 2.75) is 6.92 Å². The van der Waals surface area contributed by atoms with E-state index < -0.39 is 0 Å². The first-order valence-corrected chi connectivity index (χ1v) is 7.11. The number of nitrogens with one attached hydrogen (secondary N) is 1. The standard InChI is InChI=1S/C16H19N5/c1-2-20-7-9-21(10-8-20)16-6-4-3-5-15(16)19-13-14(11-17)12-18/h3-6,13,19H,2,7-10H2,1H3. The summed E-state index contributed by atoms with van der Waals surface area (Å²) in [6.45, 7) is 7.36. The monoisotopic (exact) mass is 281 g/mol. The van der Waals surface area contributed by atoms with E-state index >= 15 is 0 Å². The van der Waals surface area contributed by atoms with Crippen molar-refractivity contribution in [2.24, 2.45) is 0 Å². The number of nitriles is 2. The maximum atomic E-state index is 8.78. The highest BCUT2D eigenvalue weighted by Crippen LogP contribution is 2.26. The Morgan fingerprint density at radius 3 is 2.48 bits per heavy atom. The molecule has 1 aromatic rings. The van der Waals surface area contributed by atoms with Crippen molar-refractivity contribution in [1.29, 1.82) is 10.5 Å². The summed E-state index contributed by atoms with van der Waals surface area (Å²) in [5.74, 6) is 0. The van der Waals surface area contributed by atoms with E-state index in [1.54, 1.807) is 0 Å². The number of rotatable bonds is 4. The average molecular weight is 281 g/mol. The lowest BCUT2D eigenvalue weighted by Gasteiger charge is -2.36. The van der Waals surface area contributed by atoms with Gasteiger partial charge in [0.1, 0.15) is 17.7 Å². The molecule has 1 saturated heterocycles. The first-order chi connectivity index (χ1) is 10.3. The Bertz CT molecular complexity index is 569. The molecule has 21 heavy (non-hydrogen) atoms. The van der Waals surface area contributed by atoms with Crippen LogP contribution in [0.15, 0.2) is 36.0 Å². The topological polar surface area (TPSA) is 66.1 Å². The molecule has 1 fully saturated rings. The zero-order valence-corrected chi connectivity index (χ0v) is 12.2. The molecule has 0 spiro atoms. The van der Waals surface area contributed by atoms with Crippen LogP contribution in [0, 0.1) is 22.7 Å². The molecule has 5 heteroatoms. The van der Waals surface area contributed by atoms with Crippen LogP contribution in [0.2, 0.25) is 0 Å². The molecule has 2 rings (SSSR count). The Morgan fingerprint density at radius 1 is 1.19 bits per heavy atom. The lowest BCUT2D eigenvalue weighted by atomic mass is 10.2. The minimum Gasteiger partial charge on any atom is -0.367 e. The summed E-state index contributed by atoms with van der Waals surface area (Å²) in [4.78, 5) is 4.76.